The van der Waals surface area contributed by atoms with Crippen LogP contribution in [0.5, 0.6) is 0 Å². The first kappa shape index (κ1) is 18.0. The molecule has 0 radical (unpaired) electrons. The Morgan fingerprint density at radius 3 is 2.89 bits per heavy atom. The van der Waals surface area contributed by atoms with Gasteiger partial charge in [-0.3, -0.25) is 14.5 Å². The summed E-state index contributed by atoms with van der Waals surface area (Å²) in [6.45, 7) is 6.26. The molecule has 148 valence electrons. The second-order valence-electron chi connectivity index (χ2n) is 8.02. The van der Waals surface area contributed by atoms with Gasteiger partial charge in [0.25, 0.3) is 5.91 Å². The molecule has 2 aromatic rings. The van der Waals surface area contributed by atoms with Crippen molar-refractivity contribution >= 4 is 38.9 Å². The number of aromatic nitrogens is 1. The van der Waals surface area contributed by atoms with E-state index in [1.807, 2.05) is 16.3 Å². The number of hydrogen-bond acceptors (Lipinski definition) is 6. The molecule has 0 aromatic carbocycles. The van der Waals surface area contributed by atoms with Gasteiger partial charge < -0.3 is 15.5 Å². The number of rotatable bonds is 3. The third kappa shape index (κ3) is 3.00. The van der Waals surface area contributed by atoms with Gasteiger partial charge in [0.05, 0.1) is 16.9 Å². The molecule has 4 saturated heterocycles. The molecule has 0 aliphatic carbocycles. The molecule has 8 heteroatoms. The lowest BCUT2D eigenvalue weighted by molar-refractivity contribution is -0.118. The summed E-state index contributed by atoms with van der Waals surface area (Å²) in [5.74, 6) is 0.508. The fourth-order valence-corrected chi connectivity index (χ4v) is 5.78. The van der Waals surface area contributed by atoms with E-state index in [1.165, 1.54) is 0 Å². The van der Waals surface area contributed by atoms with Gasteiger partial charge in [-0.05, 0) is 44.8 Å². The maximum absolute atomic E-state index is 13.0. The highest BCUT2D eigenvalue weighted by Gasteiger charge is 2.40. The van der Waals surface area contributed by atoms with E-state index in [-0.39, 0.29) is 17.9 Å². The first-order chi connectivity index (χ1) is 13.6. The lowest BCUT2D eigenvalue weighted by Crippen LogP contribution is -2.62. The van der Waals surface area contributed by atoms with Crippen molar-refractivity contribution in [3.63, 3.8) is 0 Å². The van der Waals surface area contributed by atoms with Gasteiger partial charge in [0.15, 0.2) is 0 Å². The number of nitrogens with zero attached hydrogens (tertiary/aromatic N) is 3. The number of piperidine rings is 3. The molecule has 0 spiro atoms. The molecule has 7 nitrogen and oxygen atoms in total. The summed E-state index contributed by atoms with van der Waals surface area (Å²) in [5.41, 5.74) is 1.32. The van der Waals surface area contributed by atoms with Gasteiger partial charge in [-0.25, -0.2) is 4.98 Å². The van der Waals surface area contributed by atoms with Crippen molar-refractivity contribution in [2.45, 2.75) is 31.8 Å². The molecule has 0 unspecified atom stereocenters. The van der Waals surface area contributed by atoms with Crippen molar-refractivity contribution in [1.82, 2.24) is 20.5 Å². The van der Waals surface area contributed by atoms with Gasteiger partial charge in [0, 0.05) is 42.1 Å². The molecule has 2 aromatic heterocycles. The van der Waals surface area contributed by atoms with E-state index in [1.54, 1.807) is 17.5 Å². The maximum atomic E-state index is 13.0. The normalized spacial score (nSPS) is 30.0. The number of amides is 2. The largest absolute Gasteiger partial charge is 0.346 e. The standard InChI is InChI=1S/C20H25N5O2S/c1-12-19(13-2-5-24(12)6-3-13)23-20(27)15-8-14-16(11-28-17(14)9-22-15)25-7-4-21-10-18(25)26/h8-9,11-13,19,21H,2-7,10H2,1H3,(H,23,27)/t12-,19+/m1/s1. The van der Waals surface area contributed by atoms with Crippen molar-refractivity contribution in [2.24, 2.45) is 5.92 Å². The molecule has 2 N–H and O–H groups in total. The van der Waals surface area contributed by atoms with Crippen LogP contribution in [0.2, 0.25) is 0 Å². The van der Waals surface area contributed by atoms with Crippen LogP contribution in [0.1, 0.15) is 30.3 Å². The molecular formula is C20H25N5O2S. The average Bonchev–Trinajstić information content (AvgIpc) is 3.14. The van der Waals surface area contributed by atoms with Crippen molar-refractivity contribution in [3.8, 4) is 0 Å². The fraction of sp³-hybridized carbons (Fsp3) is 0.550. The average molecular weight is 400 g/mol. The van der Waals surface area contributed by atoms with E-state index in [2.05, 4.69) is 27.4 Å². The lowest BCUT2D eigenvalue weighted by Gasteiger charge is -2.49. The number of nitrogens with one attached hydrogen (secondary N) is 2. The third-order valence-corrected chi connectivity index (χ3v) is 7.45. The molecule has 6 heterocycles. The zero-order valence-electron chi connectivity index (χ0n) is 16.0. The van der Waals surface area contributed by atoms with Crippen molar-refractivity contribution in [2.75, 3.05) is 37.6 Å². The second-order valence-corrected chi connectivity index (χ2v) is 8.93. The predicted octanol–water partition coefficient (Wildman–Crippen LogP) is 1.45. The van der Waals surface area contributed by atoms with Crippen LogP contribution in [0.3, 0.4) is 0 Å². The van der Waals surface area contributed by atoms with E-state index in [9.17, 15) is 9.59 Å². The second kappa shape index (κ2) is 7.09. The molecule has 0 saturated carbocycles. The molecule has 2 amide bonds. The molecule has 6 rings (SSSR count). The predicted molar refractivity (Wildman–Crippen MR) is 110 cm³/mol. The smallest absolute Gasteiger partial charge is 0.270 e. The number of piperazine rings is 1. The summed E-state index contributed by atoms with van der Waals surface area (Å²) in [4.78, 5) is 34.0. The van der Waals surface area contributed by atoms with Crippen LogP contribution in [0, 0.1) is 5.92 Å². The summed E-state index contributed by atoms with van der Waals surface area (Å²) in [6, 6.07) is 2.40. The van der Waals surface area contributed by atoms with Crippen LogP contribution in [0.25, 0.3) is 10.1 Å². The van der Waals surface area contributed by atoms with E-state index < -0.39 is 0 Å². The zero-order chi connectivity index (χ0) is 19.3. The van der Waals surface area contributed by atoms with Crippen molar-refractivity contribution in [3.05, 3.63) is 23.3 Å². The zero-order valence-corrected chi connectivity index (χ0v) is 16.8. The Morgan fingerprint density at radius 2 is 2.14 bits per heavy atom. The molecule has 4 fully saturated rings. The number of fused-ring (bicyclic) bond motifs is 4. The van der Waals surface area contributed by atoms with Gasteiger partial charge in [-0.15, -0.1) is 11.3 Å². The Balaban J connectivity index is 1.40. The molecule has 2 atom stereocenters. The Hall–Kier alpha value is -2.03. The van der Waals surface area contributed by atoms with Crippen molar-refractivity contribution < 1.29 is 9.59 Å². The van der Waals surface area contributed by atoms with Gasteiger partial charge in [-0.2, -0.15) is 0 Å². The summed E-state index contributed by atoms with van der Waals surface area (Å²) in [6.07, 6.45) is 4.06. The molecule has 2 bridgehead atoms. The highest BCUT2D eigenvalue weighted by Crippen LogP contribution is 2.34. The first-order valence-corrected chi connectivity index (χ1v) is 10.9. The molecule has 4 aliphatic rings. The highest BCUT2D eigenvalue weighted by molar-refractivity contribution is 7.17. The Morgan fingerprint density at radius 1 is 1.32 bits per heavy atom. The van der Waals surface area contributed by atoms with Crippen LogP contribution in [0.4, 0.5) is 5.69 Å². The Kier molecular flexibility index (Phi) is 4.57. The van der Waals surface area contributed by atoms with Crippen LogP contribution in [-0.4, -0.2) is 66.5 Å². The summed E-state index contributed by atoms with van der Waals surface area (Å²) in [5, 5.41) is 9.27. The highest BCUT2D eigenvalue weighted by atomic mass is 32.1. The van der Waals surface area contributed by atoms with Crippen LogP contribution >= 0.6 is 11.3 Å². The number of anilines is 1. The summed E-state index contributed by atoms with van der Waals surface area (Å²) in [7, 11) is 0. The van der Waals surface area contributed by atoms with E-state index in [4.69, 9.17) is 0 Å². The van der Waals surface area contributed by atoms with Crippen LogP contribution in [-0.2, 0) is 4.79 Å². The minimum atomic E-state index is -0.115. The van der Waals surface area contributed by atoms with Gasteiger partial charge in [-0.1, -0.05) is 0 Å². The van der Waals surface area contributed by atoms with Gasteiger partial charge in [0.2, 0.25) is 5.91 Å². The fourth-order valence-electron chi connectivity index (χ4n) is 4.88. The lowest BCUT2D eigenvalue weighted by atomic mass is 9.79. The Labute approximate surface area is 168 Å². The van der Waals surface area contributed by atoms with Gasteiger partial charge >= 0.3 is 0 Å². The first-order valence-electron chi connectivity index (χ1n) is 10.0. The minimum absolute atomic E-state index is 0.0647. The summed E-state index contributed by atoms with van der Waals surface area (Å²) >= 11 is 1.56. The SMILES string of the molecule is C[C@@H]1[C@H](NC(=O)c2cc3c(N4CCNCC4=O)csc3cn2)C2CCN1CC2. The van der Waals surface area contributed by atoms with Crippen molar-refractivity contribution in [1.29, 1.82) is 0 Å². The third-order valence-electron chi connectivity index (χ3n) is 6.53. The number of carbonyl (C=O) groups is 2. The number of carbonyl (C=O) groups excluding carboxylic acids is 2. The van der Waals surface area contributed by atoms with E-state index >= 15 is 0 Å². The Bertz CT molecular complexity index is 918. The summed E-state index contributed by atoms with van der Waals surface area (Å²) < 4.78 is 0.995. The number of hydrogen-bond donors (Lipinski definition) is 2. The molecule has 28 heavy (non-hydrogen) atoms. The van der Waals surface area contributed by atoms with Crippen LogP contribution < -0.4 is 15.5 Å². The van der Waals surface area contributed by atoms with E-state index in [0.29, 0.717) is 30.7 Å². The molecule has 4 aliphatic heterocycles. The van der Waals surface area contributed by atoms with E-state index in [0.717, 1.165) is 48.2 Å². The number of pyridine rings is 1. The minimum Gasteiger partial charge on any atom is -0.346 e. The topological polar surface area (TPSA) is 77.6 Å². The van der Waals surface area contributed by atoms with Crippen LogP contribution in [0.15, 0.2) is 17.6 Å². The quantitative estimate of drug-likeness (QED) is 0.817. The monoisotopic (exact) mass is 399 g/mol. The molecular weight excluding hydrogens is 374 g/mol. The number of thiophene rings is 1. The van der Waals surface area contributed by atoms with Gasteiger partial charge in [0.1, 0.15) is 5.69 Å². The maximum Gasteiger partial charge on any atom is 0.270 e.